The number of fused-ring (bicyclic) bond motifs is 3. The van der Waals surface area contributed by atoms with Gasteiger partial charge < -0.3 is 20.0 Å². The molecule has 0 spiro atoms. The van der Waals surface area contributed by atoms with Crippen molar-refractivity contribution in [2.24, 2.45) is 0 Å². The maximum atomic E-state index is 12.9. The summed E-state index contributed by atoms with van der Waals surface area (Å²) in [6.45, 7) is 0.692. The average molecular weight is 400 g/mol. The number of amides is 1. The molecule has 0 aliphatic carbocycles. The fraction of sp³-hybridized carbons (Fsp3) is 0.526. The Morgan fingerprint density at radius 1 is 1.19 bits per heavy atom. The molecular formula is C19H27Cl2N3O2. The zero-order chi connectivity index (χ0) is 16.7. The minimum atomic E-state index is -0.0747. The molecule has 144 valence electrons. The summed E-state index contributed by atoms with van der Waals surface area (Å²) in [5.74, 6) is 0.394. The van der Waals surface area contributed by atoms with Crippen molar-refractivity contribution >= 4 is 41.7 Å². The number of benzene rings is 1. The first-order chi connectivity index (χ1) is 11.6. The monoisotopic (exact) mass is 399 g/mol. The van der Waals surface area contributed by atoms with E-state index in [2.05, 4.69) is 15.5 Å². The van der Waals surface area contributed by atoms with Gasteiger partial charge in [-0.1, -0.05) is 18.2 Å². The Kier molecular flexibility index (Phi) is 6.97. The zero-order valence-corrected chi connectivity index (χ0v) is 16.8. The van der Waals surface area contributed by atoms with Gasteiger partial charge in [-0.05, 0) is 45.8 Å². The quantitative estimate of drug-likeness (QED) is 0.827. The molecule has 2 N–H and O–H groups in total. The van der Waals surface area contributed by atoms with Gasteiger partial charge in [0.2, 0.25) is 0 Å². The Morgan fingerprint density at radius 3 is 2.50 bits per heavy atom. The molecule has 2 bridgehead atoms. The molecule has 5 nitrogen and oxygen atoms in total. The van der Waals surface area contributed by atoms with Gasteiger partial charge in [0.25, 0.3) is 5.91 Å². The third kappa shape index (κ3) is 4.17. The molecular weight excluding hydrogens is 373 g/mol. The largest absolute Gasteiger partial charge is 0.451 e. The van der Waals surface area contributed by atoms with Gasteiger partial charge in [-0.25, -0.2) is 0 Å². The molecule has 2 atom stereocenters. The van der Waals surface area contributed by atoms with Crippen LogP contribution in [0.2, 0.25) is 0 Å². The van der Waals surface area contributed by atoms with Crippen molar-refractivity contribution in [2.75, 3.05) is 14.1 Å². The number of nitrogens with zero attached hydrogens (tertiary/aromatic N) is 1. The number of rotatable bonds is 4. The van der Waals surface area contributed by atoms with Gasteiger partial charge in [0.05, 0.1) is 0 Å². The highest BCUT2D eigenvalue weighted by Gasteiger charge is 2.34. The minimum absolute atomic E-state index is 0. The number of carbonyl (C=O) groups is 1. The third-order valence-corrected chi connectivity index (χ3v) is 5.19. The van der Waals surface area contributed by atoms with Crippen LogP contribution in [0.4, 0.5) is 0 Å². The standard InChI is InChI=1S/C19H25N3O2.2ClH/c1-22(2)11-16-15-5-3-4-6-17(15)24-18(16)19(23)21-14-9-12-7-8-13(10-14)20-12;;/h3-6,12-14,20H,7-11H2,1-2H3,(H,21,23);2*1H. The Labute approximate surface area is 166 Å². The highest BCUT2D eigenvalue weighted by atomic mass is 35.5. The Bertz CT molecular complexity index is 750. The average Bonchev–Trinajstić information content (AvgIpc) is 3.08. The van der Waals surface area contributed by atoms with Crippen LogP contribution in [-0.2, 0) is 6.54 Å². The summed E-state index contributed by atoms with van der Waals surface area (Å²) in [5.41, 5.74) is 1.76. The number of hydrogen-bond donors (Lipinski definition) is 2. The van der Waals surface area contributed by atoms with E-state index in [1.165, 1.54) is 12.8 Å². The maximum absolute atomic E-state index is 12.9. The van der Waals surface area contributed by atoms with Crippen LogP contribution in [-0.4, -0.2) is 43.0 Å². The van der Waals surface area contributed by atoms with Gasteiger partial charge in [0.1, 0.15) is 5.58 Å². The molecule has 26 heavy (non-hydrogen) atoms. The molecule has 2 saturated heterocycles. The van der Waals surface area contributed by atoms with Crippen molar-refractivity contribution in [1.29, 1.82) is 0 Å². The van der Waals surface area contributed by atoms with E-state index >= 15 is 0 Å². The molecule has 7 heteroatoms. The van der Waals surface area contributed by atoms with Crippen molar-refractivity contribution in [3.8, 4) is 0 Å². The molecule has 1 aromatic carbocycles. The molecule has 2 aromatic rings. The van der Waals surface area contributed by atoms with Gasteiger partial charge in [-0.2, -0.15) is 0 Å². The molecule has 3 heterocycles. The smallest absolute Gasteiger partial charge is 0.287 e. The van der Waals surface area contributed by atoms with Crippen LogP contribution in [0.3, 0.4) is 0 Å². The van der Waals surface area contributed by atoms with Crippen LogP contribution in [0, 0.1) is 0 Å². The lowest BCUT2D eigenvalue weighted by molar-refractivity contribution is 0.0895. The lowest BCUT2D eigenvalue weighted by atomic mass is 9.99. The highest BCUT2D eigenvalue weighted by Crippen LogP contribution is 2.29. The van der Waals surface area contributed by atoms with E-state index in [1.54, 1.807) is 0 Å². The number of nitrogens with one attached hydrogen (secondary N) is 2. The number of halogens is 2. The van der Waals surface area contributed by atoms with E-state index in [0.717, 1.165) is 29.4 Å². The summed E-state index contributed by atoms with van der Waals surface area (Å²) in [7, 11) is 4.02. The van der Waals surface area contributed by atoms with E-state index in [0.29, 0.717) is 24.4 Å². The summed E-state index contributed by atoms with van der Waals surface area (Å²) >= 11 is 0. The lowest BCUT2D eigenvalue weighted by Gasteiger charge is -2.29. The number of carbonyl (C=O) groups excluding carboxylic acids is 1. The van der Waals surface area contributed by atoms with Gasteiger partial charge in [0, 0.05) is 35.6 Å². The first kappa shape index (κ1) is 21.0. The van der Waals surface area contributed by atoms with Gasteiger partial charge in [0.15, 0.2) is 5.76 Å². The number of para-hydroxylation sites is 1. The van der Waals surface area contributed by atoms with Gasteiger partial charge >= 0.3 is 0 Å². The van der Waals surface area contributed by atoms with E-state index in [1.807, 2.05) is 38.4 Å². The van der Waals surface area contributed by atoms with E-state index in [9.17, 15) is 4.79 Å². The van der Waals surface area contributed by atoms with Crippen LogP contribution < -0.4 is 10.6 Å². The van der Waals surface area contributed by atoms with Gasteiger partial charge in [-0.3, -0.25) is 4.79 Å². The first-order valence-electron chi connectivity index (χ1n) is 8.82. The molecule has 0 saturated carbocycles. The lowest BCUT2D eigenvalue weighted by Crippen LogP contribution is -2.48. The fourth-order valence-corrected chi connectivity index (χ4v) is 4.18. The predicted octanol–water partition coefficient (Wildman–Crippen LogP) is 3.35. The summed E-state index contributed by atoms with van der Waals surface area (Å²) in [5, 5.41) is 7.86. The van der Waals surface area contributed by atoms with Crippen molar-refractivity contribution in [2.45, 2.75) is 50.4 Å². The van der Waals surface area contributed by atoms with Crippen molar-refractivity contribution in [3.05, 3.63) is 35.6 Å². The SMILES string of the molecule is CN(C)Cc1c(C(=O)NC2CC3CCC(C2)N3)oc2ccccc12.Cl.Cl. The number of piperidine rings is 1. The molecule has 2 unspecified atom stereocenters. The van der Waals surface area contributed by atoms with Crippen molar-refractivity contribution < 1.29 is 9.21 Å². The molecule has 4 rings (SSSR count). The van der Waals surface area contributed by atoms with E-state index in [-0.39, 0.29) is 36.8 Å². The topological polar surface area (TPSA) is 57.5 Å². The van der Waals surface area contributed by atoms with Crippen molar-refractivity contribution in [3.63, 3.8) is 0 Å². The molecule has 1 amide bonds. The zero-order valence-electron chi connectivity index (χ0n) is 15.2. The number of furan rings is 1. The molecule has 1 aromatic heterocycles. The fourth-order valence-electron chi connectivity index (χ4n) is 4.18. The van der Waals surface area contributed by atoms with Gasteiger partial charge in [-0.15, -0.1) is 24.8 Å². The molecule has 2 aliphatic heterocycles. The second-order valence-corrected chi connectivity index (χ2v) is 7.42. The van der Waals surface area contributed by atoms with Crippen LogP contribution in [0.1, 0.15) is 41.8 Å². The second kappa shape index (κ2) is 8.61. The second-order valence-electron chi connectivity index (χ2n) is 7.42. The van der Waals surface area contributed by atoms with Crippen LogP contribution in [0.25, 0.3) is 11.0 Å². The molecule has 0 radical (unpaired) electrons. The van der Waals surface area contributed by atoms with Crippen LogP contribution >= 0.6 is 24.8 Å². The van der Waals surface area contributed by atoms with Crippen LogP contribution in [0.5, 0.6) is 0 Å². The summed E-state index contributed by atoms with van der Waals surface area (Å²) in [6.07, 6.45) is 4.50. The highest BCUT2D eigenvalue weighted by molar-refractivity contribution is 5.99. The van der Waals surface area contributed by atoms with E-state index in [4.69, 9.17) is 4.42 Å². The first-order valence-corrected chi connectivity index (χ1v) is 8.82. The summed E-state index contributed by atoms with van der Waals surface area (Å²) in [4.78, 5) is 14.9. The Balaban J connectivity index is 0.00000121. The molecule has 2 aliphatic rings. The van der Waals surface area contributed by atoms with E-state index < -0.39 is 0 Å². The van der Waals surface area contributed by atoms with Crippen molar-refractivity contribution in [1.82, 2.24) is 15.5 Å². The summed E-state index contributed by atoms with van der Waals surface area (Å²) < 4.78 is 5.92. The van der Waals surface area contributed by atoms with Crippen LogP contribution in [0.15, 0.2) is 28.7 Å². The Morgan fingerprint density at radius 2 is 1.85 bits per heavy atom. The minimum Gasteiger partial charge on any atom is -0.451 e. The number of hydrogen-bond acceptors (Lipinski definition) is 4. The predicted molar refractivity (Wildman–Crippen MR) is 109 cm³/mol. The summed E-state index contributed by atoms with van der Waals surface area (Å²) in [6, 6.07) is 9.25. The normalized spacial score (nSPS) is 24.2. The maximum Gasteiger partial charge on any atom is 0.287 e. The molecule has 2 fully saturated rings. The Hall–Kier alpha value is -1.27. The third-order valence-electron chi connectivity index (χ3n) is 5.19.